The quantitative estimate of drug-likeness (QED) is 0.824. The molecule has 0 aliphatic carbocycles. The first-order valence-electron chi connectivity index (χ1n) is 9.51. The lowest BCUT2D eigenvalue weighted by molar-refractivity contribution is -0.00123. The largest absolute Gasteiger partial charge is 0.441 e. The molecular formula is C22H26N2O2. The van der Waals surface area contributed by atoms with Crippen LogP contribution in [0.5, 0.6) is 0 Å². The standard InChI is InChI=1S/C22H26N2O2/c25-21-24(14-11-19-7-3-1-4-8-19)18-22(26-21)12-15-23(16-13-22)17-20-9-5-2-6-10-20/h1-10H,11-18H2. The van der Waals surface area contributed by atoms with E-state index in [1.54, 1.807) is 0 Å². The van der Waals surface area contributed by atoms with E-state index in [2.05, 4.69) is 47.4 Å². The summed E-state index contributed by atoms with van der Waals surface area (Å²) in [4.78, 5) is 16.7. The summed E-state index contributed by atoms with van der Waals surface area (Å²) in [6.45, 7) is 4.40. The third-order valence-electron chi connectivity index (χ3n) is 5.57. The van der Waals surface area contributed by atoms with E-state index in [4.69, 9.17) is 4.74 Å². The van der Waals surface area contributed by atoms with E-state index in [1.165, 1.54) is 11.1 Å². The smallest absolute Gasteiger partial charge is 0.410 e. The van der Waals surface area contributed by atoms with Crippen LogP contribution >= 0.6 is 0 Å². The van der Waals surface area contributed by atoms with Gasteiger partial charge in [-0.1, -0.05) is 60.7 Å². The van der Waals surface area contributed by atoms with Gasteiger partial charge in [0.25, 0.3) is 0 Å². The third-order valence-corrected chi connectivity index (χ3v) is 5.57. The van der Waals surface area contributed by atoms with Gasteiger partial charge in [-0.05, 0) is 17.5 Å². The van der Waals surface area contributed by atoms with Gasteiger partial charge < -0.3 is 9.64 Å². The number of hydrogen-bond acceptors (Lipinski definition) is 3. The lowest BCUT2D eigenvalue weighted by atomic mass is 9.91. The van der Waals surface area contributed by atoms with Crippen molar-refractivity contribution in [1.82, 2.24) is 9.80 Å². The van der Waals surface area contributed by atoms with Crippen molar-refractivity contribution in [2.75, 3.05) is 26.2 Å². The Kier molecular flexibility index (Phi) is 4.93. The van der Waals surface area contributed by atoms with Crippen LogP contribution in [0.15, 0.2) is 60.7 Å². The zero-order valence-corrected chi connectivity index (χ0v) is 15.1. The molecule has 0 aromatic heterocycles. The average Bonchev–Trinajstić information content (AvgIpc) is 2.99. The molecule has 2 aromatic rings. The molecule has 1 spiro atoms. The van der Waals surface area contributed by atoms with Gasteiger partial charge in [-0.2, -0.15) is 0 Å². The molecule has 26 heavy (non-hydrogen) atoms. The van der Waals surface area contributed by atoms with Crippen molar-refractivity contribution in [2.45, 2.75) is 31.4 Å². The van der Waals surface area contributed by atoms with Crippen molar-refractivity contribution in [1.29, 1.82) is 0 Å². The lowest BCUT2D eigenvalue weighted by Gasteiger charge is -2.37. The predicted molar refractivity (Wildman–Crippen MR) is 102 cm³/mol. The van der Waals surface area contributed by atoms with E-state index in [1.807, 2.05) is 23.1 Å². The summed E-state index contributed by atoms with van der Waals surface area (Å²) in [5.41, 5.74) is 2.33. The molecule has 2 aliphatic heterocycles. The summed E-state index contributed by atoms with van der Waals surface area (Å²) < 4.78 is 5.85. The summed E-state index contributed by atoms with van der Waals surface area (Å²) in [5, 5.41) is 0. The van der Waals surface area contributed by atoms with Crippen molar-refractivity contribution >= 4 is 6.09 Å². The summed E-state index contributed by atoms with van der Waals surface area (Å²) in [5.74, 6) is 0. The number of piperidine rings is 1. The highest BCUT2D eigenvalue weighted by atomic mass is 16.6. The van der Waals surface area contributed by atoms with Crippen LogP contribution in [0.1, 0.15) is 24.0 Å². The SMILES string of the molecule is O=C1OC2(CCN(Cc3ccccc3)CC2)CN1CCc1ccccc1. The maximum absolute atomic E-state index is 12.3. The number of nitrogens with zero attached hydrogens (tertiary/aromatic N) is 2. The molecule has 0 unspecified atom stereocenters. The van der Waals surface area contributed by atoms with Crippen LogP contribution in [-0.4, -0.2) is 47.7 Å². The second-order valence-electron chi connectivity index (χ2n) is 7.47. The van der Waals surface area contributed by atoms with Crippen molar-refractivity contribution in [3.63, 3.8) is 0 Å². The summed E-state index contributed by atoms with van der Waals surface area (Å²) in [6.07, 6.45) is 2.59. The minimum absolute atomic E-state index is 0.141. The van der Waals surface area contributed by atoms with Gasteiger partial charge in [-0.15, -0.1) is 0 Å². The highest BCUT2D eigenvalue weighted by molar-refractivity contribution is 5.70. The van der Waals surface area contributed by atoms with Crippen LogP contribution in [0.25, 0.3) is 0 Å². The Labute approximate surface area is 155 Å². The van der Waals surface area contributed by atoms with Crippen LogP contribution in [0.3, 0.4) is 0 Å². The lowest BCUT2D eigenvalue weighted by Crippen LogP contribution is -2.46. The first-order valence-corrected chi connectivity index (χ1v) is 9.51. The van der Waals surface area contributed by atoms with Gasteiger partial charge in [0, 0.05) is 39.0 Å². The van der Waals surface area contributed by atoms with Crippen LogP contribution in [0.2, 0.25) is 0 Å². The third kappa shape index (κ3) is 3.91. The Balaban J connectivity index is 1.29. The summed E-state index contributed by atoms with van der Waals surface area (Å²) in [6, 6.07) is 20.9. The number of carbonyl (C=O) groups excluding carboxylic acids is 1. The topological polar surface area (TPSA) is 32.8 Å². The van der Waals surface area contributed by atoms with Crippen LogP contribution in [0, 0.1) is 0 Å². The van der Waals surface area contributed by atoms with Crippen LogP contribution in [0.4, 0.5) is 4.79 Å². The number of rotatable bonds is 5. The molecule has 4 nitrogen and oxygen atoms in total. The van der Waals surface area contributed by atoms with Gasteiger partial charge in [-0.25, -0.2) is 4.79 Å². The molecule has 2 aromatic carbocycles. The molecule has 1 amide bonds. The Hall–Kier alpha value is -2.33. The molecular weight excluding hydrogens is 324 g/mol. The number of amides is 1. The molecule has 4 rings (SSSR count). The number of hydrogen-bond donors (Lipinski definition) is 0. The maximum Gasteiger partial charge on any atom is 0.410 e. The summed E-state index contributed by atoms with van der Waals surface area (Å²) in [7, 11) is 0. The van der Waals surface area contributed by atoms with E-state index >= 15 is 0 Å². The van der Waals surface area contributed by atoms with Gasteiger partial charge >= 0.3 is 6.09 Å². The Morgan fingerprint density at radius 2 is 1.50 bits per heavy atom. The minimum atomic E-state index is -0.277. The number of likely N-dealkylation sites (tertiary alicyclic amines) is 1. The first kappa shape index (κ1) is 17.1. The maximum atomic E-state index is 12.3. The van der Waals surface area contributed by atoms with Crippen LogP contribution in [-0.2, 0) is 17.7 Å². The van der Waals surface area contributed by atoms with E-state index in [9.17, 15) is 4.79 Å². The molecule has 2 aliphatic rings. The first-order chi connectivity index (χ1) is 12.7. The monoisotopic (exact) mass is 350 g/mol. The zero-order chi connectivity index (χ0) is 17.8. The van der Waals surface area contributed by atoms with E-state index in [-0.39, 0.29) is 11.7 Å². The molecule has 0 N–H and O–H groups in total. The summed E-state index contributed by atoms with van der Waals surface area (Å²) >= 11 is 0. The molecule has 2 fully saturated rings. The highest BCUT2D eigenvalue weighted by Crippen LogP contribution is 2.33. The minimum Gasteiger partial charge on any atom is -0.441 e. The molecule has 2 heterocycles. The molecule has 2 saturated heterocycles. The van der Waals surface area contributed by atoms with Gasteiger partial charge in [0.05, 0.1) is 6.54 Å². The average molecular weight is 350 g/mol. The fourth-order valence-corrected chi connectivity index (χ4v) is 3.99. The second-order valence-corrected chi connectivity index (χ2v) is 7.47. The molecule has 0 radical (unpaired) electrons. The van der Waals surface area contributed by atoms with E-state index in [0.29, 0.717) is 0 Å². The predicted octanol–water partition coefficient (Wildman–Crippen LogP) is 3.72. The van der Waals surface area contributed by atoms with Crippen molar-refractivity contribution < 1.29 is 9.53 Å². The molecule has 4 heteroatoms. The Bertz CT molecular complexity index is 724. The van der Waals surface area contributed by atoms with E-state index in [0.717, 1.165) is 52.0 Å². The molecule has 0 atom stereocenters. The Morgan fingerprint density at radius 3 is 2.15 bits per heavy atom. The van der Waals surface area contributed by atoms with Crippen molar-refractivity contribution in [2.24, 2.45) is 0 Å². The number of benzene rings is 2. The fraction of sp³-hybridized carbons (Fsp3) is 0.409. The molecule has 136 valence electrons. The molecule has 0 saturated carbocycles. The van der Waals surface area contributed by atoms with Gasteiger partial charge in [-0.3, -0.25) is 4.90 Å². The molecule has 0 bridgehead atoms. The van der Waals surface area contributed by atoms with Crippen molar-refractivity contribution in [3.8, 4) is 0 Å². The number of ether oxygens (including phenoxy) is 1. The van der Waals surface area contributed by atoms with Gasteiger partial charge in [0.15, 0.2) is 0 Å². The highest BCUT2D eigenvalue weighted by Gasteiger charge is 2.46. The van der Waals surface area contributed by atoms with E-state index < -0.39 is 0 Å². The zero-order valence-electron chi connectivity index (χ0n) is 15.1. The fourth-order valence-electron chi connectivity index (χ4n) is 3.99. The van der Waals surface area contributed by atoms with Gasteiger partial charge in [0.2, 0.25) is 0 Å². The number of carbonyl (C=O) groups is 1. The van der Waals surface area contributed by atoms with Crippen LogP contribution < -0.4 is 0 Å². The Morgan fingerprint density at radius 1 is 0.885 bits per heavy atom. The van der Waals surface area contributed by atoms with Crippen molar-refractivity contribution in [3.05, 3.63) is 71.8 Å². The second kappa shape index (κ2) is 7.50. The normalized spacial score (nSPS) is 19.7. The van der Waals surface area contributed by atoms with Gasteiger partial charge in [0.1, 0.15) is 5.60 Å².